The Kier molecular flexibility index (Phi) is 6.89. The Morgan fingerprint density at radius 2 is 1.68 bits per heavy atom. The van der Waals surface area contributed by atoms with Crippen LogP contribution in [0, 0.1) is 11.3 Å². The van der Waals surface area contributed by atoms with Crippen LogP contribution in [0.25, 0.3) is 0 Å². The van der Waals surface area contributed by atoms with Crippen molar-refractivity contribution in [1.29, 1.82) is 5.26 Å². The van der Waals surface area contributed by atoms with Crippen molar-refractivity contribution in [2.75, 3.05) is 24.5 Å². The topological polar surface area (TPSA) is 47.3 Å². The maximum absolute atomic E-state index is 13.2. The third kappa shape index (κ3) is 5.01. The monoisotopic (exact) mass is 429 g/mol. The molecule has 1 saturated heterocycles. The van der Waals surface area contributed by atoms with Crippen molar-refractivity contribution in [3.63, 3.8) is 0 Å². The largest absolute Gasteiger partial charge is 0.416 e. The zero-order valence-corrected chi connectivity index (χ0v) is 17.7. The molecule has 1 unspecified atom stereocenters. The quantitative estimate of drug-likeness (QED) is 0.657. The first-order chi connectivity index (χ1) is 14.8. The van der Waals surface area contributed by atoms with Crippen LogP contribution < -0.4 is 4.90 Å². The van der Waals surface area contributed by atoms with E-state index < -0.39 is 11.7 Å². The Balaban J connectivity index is 1.89. The van der Waals surface area contributed by atoms with Crippen molar-refractivity contribution in [2.45, 2.75) is 44.8 Å². The van der Waals surface area contributed by atoms with Crippen LogP contribution in [0.3, 0.4) is 0 Å². The summed E-state index contributed by atoms with van der Waals surface area (Å²) < 4.78 is 38.7. The van der Waals surface area contributed by atoms with Crippen LogP contribution >= 0.6 is 0 Å². The molecule has 1 aliphatic heterocycles. The molecule has 1 amide bonds. The highest BCUT2D eigenvalue weighted by atomic mass is 19.4. The zero-order chi connectivity index (χ0) is 22.6. The van der Waals surface area contributed by atoms with E-state index in [4.69, 9.17) is 5.26 Å². The molecule has 1 heterocycles. The summed E-state index contributed by atoms with van der Waals surface area (Å²) in [5.41, 5.74) is 1.54. The number of carbonyl (C=O) groups is 1. The molecule has 0 saturated carbocycles. The van der Waals surface area contributed by atoms with Gasteiger partial charge in [0, 0.05) is 31.2 Å². The maximum atomic E-state index is 13.2. The summed E-state index contributed by atoms with van der Waals surface area (Å²) >= 11 is 0. The van der Waals surface area contributed by atoms with E-state index in [1.165, 1.54) is 12.1 Å². The molecule has 0 aromatic heterocycles. The summed E-state index contributed by atoms with van der Waals surface area (Å²) in [5.74, 6) is 0.0684. The molecule has 164 valence electrons. The van der Waals surface area contributed by atoms with E-state index >= 15 is 0 Å². The minimum atomic E-state index is -4.36. The number of hydrogen-bond donors (Lipinski definition) is 0. The standard InChI is InChI=1S/C24H26F3N3O/c1-3-29(4-2)23(31)22-14-9-19(18-7-10-20(11-8-18)24(25,26)27)16-30(22)21-12-5-17(15-28)6-13-21/h5-8,10-13,19,22H,3-4,9,14,16H2,1-2H3/t19?,22-/m0/s1. The lowest BCUT2D eigenvalue weighted by Gasteiger charge is -2.42. The molecular formula is C24H26F3N3O. The second-order valence-corrected chi connectivity index (χ2v) is 7.73. The predicted octanol–water partition coefficient (Wildman–Crippen LogP) is 5.20. The first kappa shape index (κ1) is 22.7. The number of piperidine rings is 1. The number of carbonyl (C=O) groups excluding carboxylic acids is 1. The summed E-state index contributed by atoms with van der Waals surface area (Å²) in [6.07, 6.45) is -3.03. The Hall–Kier alpha value is -3.01. The van der Waals surface area contributed by atoms with Gasteiger partial charge in [-0.25, -0.2) is 0 Å². The van der Waals surface area contributed by atoms with Crippen molar-refractivity contribution in [2.24, 2.45) is 0 Å². The lowest BCUT2D eigenvalue weighted by Crippen LogP contribution is -2.52. The normalized spacial score (nSPS) is 19.0. The minimum Gasteiger partial charge on any atom is -0.359 e. The smallest absolute Gasteiger partial charge is 0.359 e. The molecule has 4 nitrogen and oxygen atoms in total. The van der Waals surface area contributed by atoms with Crippen LogP contribution in [0.5, 0.6) is 0 Å². The number of nitrogens with zero attached hydrogens (tertiary/aromatic N) is 3. The molecule has 2 aromatic carbocycles. The van der Waals surface area contributed by atoms with E-state index in [0.717, 1.165) is 29.8 Å². The Labute approximate surface area is 180 Å². The van der Waals surface area contributed by atoms with Crippen LogP contribution in [0.15, 0.2) is 48.5 Å². The van der Waals surface area contributed by atoms with Gasteiger partial charge in [-0.15, -0.1) is 0 Å². The molecule has 1 fully saturated rings. The number of rotatable bonds is 5. The number of anilines is 1. The first-order valence-electron chi connectivity index (χ1n) is 10.5. The Bertz CT molecular complexity index is 929. The molecule has 0 spiro atoms. The number of amides is 1. The minimum absolute atomic E-state index is 0.0127. The fourth-order valence-electron chi connectivity index (χ4n) is 4.20. The van der Waals surface area contributed by atoms with Crippen molar-refractivity contribution in [3.05, 3.63) is 65.2 Å². The average molecular weight is 429 g/mol. The Morgan fingerprint density at radius 3 is 2.19 bits per heavy atom. The maximum Gasteiger partial charge on any atom is 0.416 e. The van der Waals surface area contributed by atoms with Gasteiger partial charge in [0.05, 0.1) is 17.2 Å². The van der Waals surface area contributed by atoms with Crippen LogP contribution in [-0.4, -0.2) is 36.5 Å². The van der Waals surface area contributed by atoms with E-state index in [1.54, 1.807) is 17.0 Å². The summed E-state index contributed by atoms with van der Waals surface area (Å²) in [7, 11) is 0. The summed E-state index contributed by atoms with van der Waals surface area (Å²) in [6, 6.07) is 14.2. The van der Waals surface area contributed by atoms with Gasteiger partial charge in [-0.3, -0.25) is 4.79 Å². The van der Waals surface area contributed by atoms with E-state index in [1.807, 2.05) is 30.9 Å². The van der Waals surface area contributed by atoms with Crippen LogP contribution in [0.2, 0.25) is 0 Å². The lowest BCUT2D eigenvalue weighted by molar-refractivity contribution is -0.137. The van der Waals surface area contributed by atoms with Crippen molar-refractivity contribution >= 4 is 11.6 Å². The van der Waals surface area contributed by atoms with Gasteiger partial charge in [0.25, 0.3) is 0 Å². The van der Waals surface area contributed by atoms with Gasteiger partial charge in [0.2, 0.25) is 5.91 Å². The third-order valence-corrected chi connectivity index (χ3v) is 5.98. The predicted molar refractivity (Wildman–Crippen MR) is 114 cm³/mol. The van der Waals surface area contributed by atoms with E-state index in [2.05, 4.69) is 6.07 Å². The number of alkyl halides is 3. The molecule has 1 aliphatic rings. The number of nitriles is 1. The van der Waals surface area contributed by atoms with Gasteiger partial charge in [-0.2, -0.15) is 18.4 Å². The number of hydrogen-bond acceptors (Lipinski definition) is 3. The summed E-state index contributed by atoms with van der Waals surface area (Å²) in [4.78, 5) is 17.0. The van der Waals surface area contributed by atoms with Gasteiger partial charge in [-0.1, -0.05) is 12.1 Å². The molecule has 0 radical (unpaired) electrons. The number of halogens is 3. The highest BCUT2D eigenvalue weighted by Gasteiger charge is 2.36. The van der Waals surface area contributed by atoms with E-state index in [0.29, 0.717) is 31.6 Å². The SMILES string of the molecule is CCN(CC)C(=O)[C@@H]1CCC(c2ccc(C(F)(F)F)cc2)CN1c1ccc(C#N)cc1. The van der Waals surface area contributed by atoms with Crippen LogP contribution in [0.4, 0.5) is 18.9 Å². The van der Waals surface area contributed by atoms with Crippen LogP contribution in [-0.2, 0) is 11.0 Å². The van der Waals surface area contributed by atoms with E-state index in [-0.39, 0.29) is 17.9 Å². The second-order valence-electron chi connectivity index (χ2n) is 7.73. The first-order valence-corrected chi connectivity index (χ1v) is 10.5. The van der Waals surface area contributed by atoms with Crippen molar-refractivity contribution in [1.82, 2.24) is 4.90 Å². The highest BCUT2D eigenvalue weighted by molar-refractivity contribution is 5.85. The fraction of sp³-hybridized carbons (Fsp3) is 0.417. The average Bonchev–Trinajstić information content (AvgIpc) is 2.79. The number of benzene rings is 2. The van der Waals surface area contributed by atoms with E-state index in [9.17, 15) is 18.0 Å². The molecule has 0 N–H and O–H groups in total. The third-order valence-electron chi connectivity index (χ3n) is 5.98. The van der Waals surface area contributed by atoms with Gasteiger partial charge in [0.1, 0.15) is 6.04 Å². The molecule has 31 heavy (non-hydrogen) atoms. The molecular weight excluding hydrogens is 403 g/mol. The van der Waals surface area contributed by atoms with Crippen LogP contribution in [0.1, 0.15) is 49.3 Å². The number of likely N-dealkylation sites (N-methyl/N-ethyl adjacent to an activating group) is 1. The van der Waals surface area contributed by atoms with Gasteiger partial charge >= 0.3 is 6.18 Å². The van der Waals surface area contributed by atoms with Gasteiger partial charge < -0.3 is 9.80 Å². The van der Waals surface area contributed by atoms with Crippen molar-refractivity contribution in [3.8, 4) is 6.07 Å². The van der Waals surface area contributed by atoms with Gasteiger partial charge in [-0.05, 0) is 68.7 Å². The van der Waals surface area contributed by atoms with Gasteiger partial charge in [0.15, 0.2) is 0 Å². The molecule has 0 bridgehead atoms. The molecule has 3 rings (SSSR count). The second kappa shape index (κ2) is 9.42. The van der Waals surface area contributed by atoms with Crippen molar-refractivity contribution < 1.29 is 18.0 Å². The zero-order valence-electron chi connectivity index (χ0n) is 17.7. The fourth-order valence-corrected chi connectivity index (χ4v) is 4.20. The molecule has 2 atom stereocenters. The lowest BCUT2D eigenvalue weighted by atomic mass is 9.86. The molecule has 0 aliphatic carbocycles. The molecule has 2 aromatic rings. The highest BCUT2D eigenvalue weighted by Crippen LogP contribution is 2.36. The summed E-state index contributed by atoms with van der Waals surface area (Å²) in [6.45, 7) is 5.66. The molecule has 7 heteroatoms. The Morgan fingerprint density at radius 1 is 1.06 bits per heavy atom. The summed E-state index contributed by atoms with van der Waals surface area (Å²) in [5, 5.41) is 9.08.